The van der Waals surface area contributed by atoms with E-state index in [1.165, 1.54) is 0 Å². The molecular weight excluding hydrogens is 346 g/mol. The second-order valence-corrected chi connectivity index (χ2v) is 7.55. The Balaban J connectivity index is 2.08. The van der Waals surface area contributed by atoms with Gasteiger partial charge in [0.2, 0.25) is 0 Å². The lowest BCUT2D eigenvalue weighted by Crippen LogP contribution is -2.34. The summed E-state index contributed by atoms with van der Waals surface area (Å²) in [4.78, 5) is 26.7. The molecule has 2 aliphatic rings. The maximum atomic E-state index is 12.8. The zero-order chi connectivity index (χ0) is 18.7. The highest BCUT2D eigenvalue weighted by Crippen LogP contribution is 2.42. The highest BCUT2D eigenvalue weighted by Gasteiger charge is 2.38. The maximum absolute atomic E-state index is 12.8. The SMILES string of the molecule is CCCOC(=O)C1=C(C)NC2=C(C(=O)CCC2)C1c1ccc(SC)cc1. The van der Waals surface area contributed by atoms with Crippen molar-refractivity contribution < 1.29 is 14.3 Å². The summed E-state index contributed by atoms with van der Waals surface area (Å²) in [5.74, 6) is -0.550. The molecule has 1 atom stereocenters. The number of carbonyl (C=O) groups is 2. The van der Waals surface area contributed by atoms with Gasteiger partial charge >= 0.3 is 5.97 Å². The van der Waals surface area contributed by atoms with Crippen LogP contribution in [0.1, 0.15) is 51.0 Å². The number of rotatable bonds is 5. The van der Waals surface area contributed by atoms with E-state index >= 15 is 0 Å². The molecule has 1 unspecified atom stereocenters. The molecule has 0 bridgehead atoms. The van der Waals surface area contributed by atoms with Crippen LogP contribution < -0.4 is 5.32 Å². The molecule has 0 amide bonds. The zero-order valence-corrected chi connectivity index (χ0v) is 16.4. The molecule has 1 aromatic rings. The van der Waals surface area contributed by atoms with E-state index in [1.807, 2.05) is 44.4 Å². The van der Waals surface area contributed by atoms with Gasteiger partial charge in [0.1, 0.15) is 0 Å². The van der Waals surface area contributed by atoms with Crippen molar-refractivity contribution in [3.63, 3.8) is 0 Å². The third kappa shape index (κ3) is 3.58. The molecule has 138 valence electrons. The third-order valence-electron chi connectivity index (χ3n) is 4.88. The number of hydrogen-bond acceptors (Lipinski definition) is 5. The highest BCUT2D eigenvalue weighted by molar-refractivity contribution is 7.98. The van der Waals surface area contributed by atoms with Crippen LogP contribution >= 0.6 is 11.8 Å². The number of dihydropyridines is 1. The molecule has 1 aliphatic carbocycles. The van der Waals surface area contributed by atoms with Gasteiger partial charge in [-0.1, -0.05) is 19.1 Å². The first-order chi connectivity index (χ1) is 12.6. The standard InChI is InChI=1S/C21H25NO3S/c1-4-12-25-21(24)18-13(2)22-16-6-5-7-17(23)20(16)19(18)14-8-10-15(26-3)11-9-14/h8-11,19,22H,4-7,12H2,1-3H3. The fraction of sp³-hybridized carbons (Fsp3) is 0.429. The number of carbonyl (C=O) groups excluding carboxylic acids is 2. The summed E-state index contributed by atoms with van der Waals surface area (Å²) < 4.78 is 5.44. The topological polar surface area (TPSA) is 55.4 Å². The number of benzene rings is 1. The van der Waals surface area contributed by atoms with Gasteiger partial charge in [0, 0.05) is 34.2 Å². The lowest BCUT2D eigenvalue weighted by atomic mass is 9.75. The van der Waals surface area contributed by atoms with Gasteiger partial charge in [0.25, 0.3) is 0 Å². The van der Waals surface area contributed by atoms with Gasteiger partial charge in [0.15, 0.2) is 5.78 Å². The number of Topliss-reactive ketones (excluding diaryl/α,β-unsaturated/α-hetero) is 1. The Morgan fingerprint density at radius 3 is 2.65 bits per heavy atom. The van der Waals surface area contributed by atoms with Crippen molar-refractivity contribution in [2.24, 2.45) is 0 Å². The van der Waals surface area contributed by atoms with Crippen molar-refractivity contribution in [2.45, 2.75) is 50.3 Å². The fourth-order valence-corrected chi connectivity index (χ4v) is 4.06. The van der Waals surface area contributed by atoms with Crippen molar-refractivity contribution in [3.05, 3.63) is 52.4 Å². The summed E-state index contributed by atoms with van der Waals surface area (Å²) in [6.07, 6.45) is 5.03. The number of ketones is 1. The van der Waals surface area contributed by atoms with Gasteiger partial charge in [-0.3, -0.25) is 4.79 Å². The number of allylic oxidation sites excluding steroid dienone is 3. The van der Waals surface area contributed by atoms with Crippen LogP contribution in [0.2, 0.25) is 0 Å². The molecule has 5 heteroatoms. The van der Waals surface area contributed by atoms with Crippen molar-refractivity contribution in [3.8, 4) is 0 Å². The second-order valence-electron chi connectivity index (χ2n) is 6.67. The summed E-state index contributed by atoms with van der Waals surface area (Å²) in [6, 6.07) is 8.13. The number of hydrogen-bond donors (Lipinski definition) is 1. The van der Waals surface area contributed by atoms with Crippen LogP contribution in [-0.4, -0.2) is 24.6 Å². The second kappa shape index (κ2) is 8.12. The summed E-state index contributed by atoms with van der Waals surface area (Å²) in [7, 11) is 0. The molecule has 26 heavy (non-hydrogen) atoms. The Bertz CT molecular complexity index is 777. The van der Waals surface area contributed by atoms with Crippen molar-refractivity contribution in [1.29, 1.82) is 0 Å². The fourth-order valence-electron chi connectivity index (χ4n) is 3.66. The molecule has 0 spiro atoms. The molecule has 1 aliphatic heterocycles. The maximum Gasteiger partial charge on any atom is 0.336 e. The lowest BCUT2D eigenvalue weighted by molar-refractivity contribution is -0.139. The predicted molar refractivity (Wildman–Crippen MR) is 104 cm³/mol. The summed E-state index contributed by atoms with van der Waals surface area (Å²) in [5, 5.41) is 3.31. The molecule has 1 aromatic carbocycles. The predicted octanol–water partition coefficient (Wildman–Crippen LogP) is 4.33. The van der Waals surface area contributed by atoms with Gasteiger partial charge in [-0.2, -0.15) is 0 Å². The Morgan fingerprint density at radius 1 is 1.27 bits per heavy atom. The van der Waals surface area contributed by atoms with Gasteiger partial charge in [0.05, 0.1) is 12.2 Å². The molecule has 3 rings (SSSR count). The molecular formula is C21H25NO3S. The van der Waals surface area contributed by atoms with E-state index in [0.717, 1.165) is 46.7 Å². The molecule has 0 aromatic heterocycles. The Hall–Kier alpha value is -2.01. The summed E-state index contributed by atoms with van der Waals surface area (Å²) >= 11 is 1.67. The number of thioether (sulfide) groups is 1. The minimum atomic E-state index is -0.348. The Labute approximate surface area is 159 Å². The quantitative estimate of drug-likeness (QED) is 0.617. The number of ether oxygens (including phenoxy) is 1. The van der Waals surface area contributed by atoms with Crippen LogP contribution in [-0.2, 0) is 14.3 Å². The summed E-state index contributed by atoms with van der Waals surface area (Å²) in [5.41, 5.74) is 4.02. The summed E-state index contributed by atoms with van der Waals surface area (Å²) in [6.45, 7) is 4.25. The molecule has 1 N–H and O–H groups in total. The van der Waals surface area contributed by atoms with Crippen LogP contribution in [0.5, 0.6) is 0 Å². The zero-order valence-electron chi connectivity index (χ0n) is 15.6. The Kier molecular flexibility index (Phi) is 5.87. The first kappa shape index (κ1) is 18.8. The average molecular weight is 372 g/mol. The van der Waals surface area contributed by atoms with Crippen LogP contribution in [0.15, 0.2) is 51.7 Å². The third-order valence-corrected chi connectivity index (χ3v) is 5.63. The molecule has 0 saturated heterocycles. The van der Waals surface area contributed by atoms with Crippen LogP contribution in [0, 0.1) is 0 Å². The first-order valence-corrected chi connectivity index (χ1v) is 10.3. The monoisotopic (exact) mass is 371 g/mol. The lowest BCUT2D eigenvalue weighted by Gasteiger charge is -2.34. The molecule has 0 fully saturated rings. The Morgan fingerprint density at radius 2 is 2.00 bits per heavy atom. The van der Waals surface area contributed by atoms with E-state index in [9.17, 15) is 9.59 Å². The van der Waals surface area contributed by atoms with Crippen LogP contribution in [0.25, 0.3) is 0 Å². The van der Waals surface area contributed by atoms with E-state index < -0.39 is 0 Å². The van der Waals surface area contributed by atoms with Gasteiger partial charge in [-0.05, 0) is 50.1 Å². The smallest absolute Gasteiger partial charge is 0.336 e. The van der Waals surface area contributed by atoms with Gasteiger partial charge in [-0.25, -0.2) is 4.79 Å². The largest absolute Gasteiger partial charge is 0.462 e. The number of esters is 1. The van der Waals surface area contributed by atoms with Crippen molar-refractivity contribution in [2.75, 3.05) is 12.9 Å². The van der Waals surface area contributed by atoms with Crippen LogP contribution in [0.3, 0.4) is 0 Å². The van der Waals surface area contributed by atoms with Crippen molar-refractivity contribution in [1.82, 2.24) is 5.32 Å². The van der Waals surface area contributed by atoms with E-state index in [2.05, 4.69) is 5.32 Å². The van der Waals surface area contributed by atoms with E-state index in [4.69, 9.17) is 4.74 Å². The molecule has 4 nitrogen and oxygen atoms in total. The number of nitrogens with one attached hydrogen (secondary N) is 1. The van der Waals surface area contributed by atoms with E-state index in [1.54, 1.807) is 11.8 Å². The van der Waals surface area contributed by atoms with E-state index in [0.29, 0.717) is 18.6 Å². The van der Waals surface area contributed by atoms with Crippen molar-refractivity contribution >= 4 is 23.5 Å². The van der Waals surface area contributed by atoms with Crippen LogP contribution in [0.4, 0.5) is 0 Å². The normalized spacial score (nSPS) is 20.0. The minimum Gasteiger partial charge on any atom is -0.462 e. The highest BCUT2D eigenvalue weighted by atomic mass is 32.2. The average Bonchev–Trinajstić information content (AvgIpc) is 2.65. The molecule has 1 heterocycles. The minimum absolute atomic E-state index is 0.131. The van der Waals surface area contributed by atoms with Gasteiger partial charge in [-0.15, -0.1) is 11.8 Å². The molecule has 0 radical (unpaired) electrons. The first-order valence-electron chi connectivity index (χ1n) is 9.12. The molecule has 0 saturated carbocycles. The van der Waals surface area contributed by atoms with Gasteiger partial charge < -0.3 is 10.1 Å². The van der Waals surface area contributed by atoms with E-state index in [-0.39, 0.29) is 17.7 Å².